The van der Waals surface area contributed by atoms with E-state index in [2.05, 4.69) is 41.8 Å². The third-order valence-corrected chi connectivity index (χ3v) is 4.31. The summed E-state index contributed by atoms with van der Waals surface area (Å²) in [4.78, 5) is 6.71. The first-order chi connectivity index (χ1) is 12.0. The van der Waals surface area contributed by atoms with E-state index in [4.69, 9.17) is 4.74 Å². The van der Waals surface area contributed by atoms with Crippen LogP contribution in [0.1, 0.15) is 18.2 Å². The van der Waals surface area contributed by atoms with Crippen molar-refractivity contribution in [3.8, 4) is 11.5 Å². The normalized spacial score (nSPS) is 11.0. The Morgan fingerprint density at radius 3 is 2.73 bits per heavy atom. The maximum Gasteiger partial charge on any atom is 0.194 e. The van der Waals surface area contributed by atoms with Gasteiger partial charge in [0.1, 0.15) is 0 Å². The van der Waals surface area contributed by atoms with Crippen molar-refractivity contribution in [1.82, 2.24) is 14.8 Å². The van der Waals surface area contributed by atoms with Crippen LogP contribution in [0.2, 0.25) is 0 Å². The summed E-state index contributed by atoms with van der Waals surface area (Å²) in [7, 11) is 5.55. The topological polar surface area (TPSA) is 62.0 Å². The van der Waals surface area contributed by atoms with E-state index in [1.165, 1.54) is 12.8 Å². The number of aromatic hydroxyl groups is 1. The van der Waals surface area contributed by atoms with Gasteiger partial charge in [-0.2, -0.15) is 0 Å². The van der Waals surface area contributed by atoms with Gasteiger partial charge in [-0.1, -0.05) is 12.1 Å². The predicted octanol–water partition coefficient (Wildman–Crippen LogP) is 3.72. The van der Waals surface area contributed by atoms with Gasteiger partial charge in [0.25, 0.3) is 0 Å². The Bertz CT molecular complexity index is 749. The Kier molecular flexibility index (Phi) is 9.28. The van der Waals surface area contributed by atoms with Crippen LogP contribution in [0.3, 0.4) is 0 Å². The highest BCUT2D eigenvalue weighted by Crippen LogP contribution is 2.29. The number of ether oxygens (including phenoxy) is 1. The van der Waals surface area contributed by atoms with E-state index in [1.807, 2.05) is 39.3 Å². The number of methoxy groups -OCH3 is 1. The van der Waals surface area contributed by atoms with E-state index in [-0.39, 0.29) is 29.7 Å². The molecule has 0 fully saturated rings. The van der Waals surface area contributed by atoms with E-state index in [0.29, 0.717) is 12.3 Å². The summed E-state index contributed by atoms with van der Waals surface area (Å²) in [6.07, 6.45) is 2.03. The first kappa shape index (κ1) is 22.6. The van der Waals surface area contributed by atoms with Gasteiger partial charge in [-0.3, -0.25) is 0 Å². The van der Waals surface area contributed by atoms with Gasteiger partial charge in [-0.15, -0.1) is 24.0 Å². The van der Waals surface area contributed by atoms with E-state index in [9.17, 15) is 5.11 Å². The first-order valence-electron chi connectivity index (χ1n) is 8.11. The molecule has 2 rings (SSSR count). The van der Waals surface area contributed by atoms with Crippen molar-refractivity contribution in [2.75, 3.05) is 20.7 Å². The van der Waals surface area contributed by atoms with Crippen LogP contribution in [0.25, 0.3) is 0 Å². The van der Waals surface area contributed by atoms with Crippen LogP contribution in [0.5, 0.6) is 11.5 Å². The average Bonchev–Trinajstić information content (AvgIpc) is 2.89. The number of nitrogens with zero attached hydrogens (tertiary/aromatic N) is 3. The molecule has 1 aromatic heterocycles. The molecule has 0 unspecified atom stereocenters. The van der Waals surface area contributed by atoms with Crippen molar-refractivity contribution < 1.29 is 9.84 Å². The molecule has 0 atom stereocenters. The number of phenols is 1. The minimum atomic E-state index is 0. The molecule has 26 heavy (non-hydrogen) atoms. The molecule has 6 nitrogen and oxygen atoms in total. The van der Waals surface area contributed by atoms with Crippen LogP contribution >= 0.6 is 39.9 Å². The lowest BCUT2D eigenvalue weighted by Crippen LogP contribution is -2.38. The number of para-hydroxylation sites is 1. The molecule has 2 aromatic rings. The van der Waals surface area contributed by atoms with E-state index >= 15 is 0 Å². The lowest BCUT2D eigenvalue weighted by Gasteiger charge is -2.22. The van der Waals surface area contributed by atoms with Crippen molar-refractivity contribution >= 4 is 45.9 Å². The lowest BCUT2D eigenvalue weighted by molar-refractivity contribution is 0.370. The Hall–Kier alpha value is -1.42. The molecule has 0 radical (unpaired) electrons. The molecule has 0 aliphatic rings. The smallest absolute Gasteiger partial charge is 0.194 e. The molecule has 0 spiro atoms. The Morgan fingerprint density at radius 1 is 1.42 bits per heavy atom. The summed E-state index contributed by atoms with van der Waals surface area (Å²) in [6.45, 7) is 3.89. The second kappa shape index (κ2) is 10.7. The number of hydrogen-bond acceptors (Lipinski definition) is 3. The maximum absolute atomic E-state index is 10.2. The number of aliphatic imine (C=N–C) groups is 1. The molecular weight excluding hydrogens is 511 g/mol. The minimum absolute atomic E-state index is 0. The molecule has 144 valence electrons. The van der Waals surface area contributed by atoms with Crippen LogP contribution in [-0.2, 0) is 20.1 Å². The monoisotopic (exact) mass is 536 g/mol. The fourth-order valence-electron chi connectivity index (χ4n) is 2.53. The number of halogens is 2. The summed E-state index contributed by atoms with van der Waals surface area (Å²) in [6, 6.07) is 7.52. The minimum Gasteiger partial charge on any atom is -0.504 e. The SMILES string of the molecule is CCNC(=NCc1cccc(OC)c1O)N(C)Cc1cc(Br)cn1C.I. The molecule has 0 saturated carbocycles. The van der Waals surface area contributed by atoms with Crippen molar-refractivity contribution in [3.63, 3.8) is 0 Å². The average molecular weight is 537 g/mol. The van der Waals surface area contributed by atoms with E-state index < -0.39 is 0 Å². The number of aromatic nitrogens is 1. The first-order valence-corrected chi connectivity index (χ1v) is 8.90. The number of nitrogens with one attached hydrogen (secondary N) is 1. The highest BCUT2D eigenvalue weighted by molar-refractivity contribution is 14.0. The van der Waals surface area contributed by atoms with Gasteiger partial charge in [0.05, 0.1) is 20.2 Å². The lowest BCUT2D eigenvalue weighted by atomic mass is 10.2. The highest BCUT2D eigenvalue weighted by Gasteiger charge is 2.11. The number of phenolic OH excluding ortho intramolecular Hbond substituents is 1. The number of aryl methyl sites for hydroxylation is 1. The summed E-state index contributed by atoms with van der Waals surface area (Å²) in [5.74, 6) is 1.38. The quantitative estimate of drug-likeness (QED) is 0.335. The molecule has 1 heterocycles. The van der Waals surface area contributed by atoms with Gasteiger partial charge in [0.2, 0.25) is 0 Å². The second-order valence-corrected chi connectivity index (χ2v) is 6.67. The molecule has 2 N–H and O–H groups in total. The molecule has 0 amide bonds. The zero-order valence-electron chi connectivity index (χ0n) is 15.5. The van der Waals surface area contributed by atoms with Crippen LogP contribution in [0.15, 0.2) is 39.9 Å². The molecule has 0 bridgehead atoms. The highest BCUT2D eigenvalue weighted by atomic mass is 127. The van der Waals surface area contributed by atoms with Crippen molar-refractivity contribution in [2.45, 2.75) is 20.0 Å². The number of rotatable bonds is 6. The molecule has 8 heteroatoms. The molecule has 1 aromatic carbocycles. The Morgan fingerprint density at radius 2 is 2.15 bits per heavy atom. The molecule has 0 aliphatic heterocycles. The van der Waals surface area contributed by atoms with E-state index in [0.717, 1.165) is 29.1 Å². The van der Waals surface area contributed by atoms with Gasteiger partial charge < -0.3 is 24.6 Å². The standard InChI is InChI=1S/C18H25BrN4O2.HI/c1-5-20-18(23(3)12-15-9-14(19)11-22(15)2)21-10-13-7-6-8-16(25-4)17(13)24;/h6-9,11,24H,5,10,12H2,1-4H3,(H,20,21);1H. The summed E-state index contributed by atoms with van der Waals surface area (Å²) >= 11 is 3.50. The summed E-state index contributed by atoms with van der Waals surface area (Å²) < 4.78 is 8.29. The Labute approximate surface area is 180 Å². The van der Waals surface area contributed by atoms with Crippen LogP contribution in [0.4, 0.5) is 0 Å². The van der Waals surface area contributed by atoms with E-state index in [1.54, 1.807) is 6.07 Å². The van der Waals surface area contributed by atoms with Crippen LogP contribution in [0, 0.1) is 0 Å². The number of guanidine groups is 1. The largest absolute Gasteiger partial charge is 0.504 e. The third-order valence-electron chi connectivity index (χ3n) is 3.87. The molecule has 0 aliphatic carbocycles. The van der Waals surface area contributed by atoms with Gasteiger partial charge in [-0.05, 0) is 35.0 Å². The fourth-order valence-corrected chi connectivity index (χ4v) is 3.10. The van der Waals surface area contributed by atoms with Crippen molar-refractivity contribution in [3.05, 3.63) is 46.2 Å². The van der Waals surface area contributed by atoms with Crippen LogP contribution in [-0.4, -0.2) is 41.2 Å². The zero-order chi connectivity index (χ0) is 18.4. The summed E-state index contributed by atoms with van der Waals surface area (Å²) in [5.41, 5.74) is 1.90. The van der Waals surface area contributed by atoms with Crippen molar-refractivity contribution in [2.24, 2.45) is 12.0 Å². The molecule has 0 saturated heterocycles. The number of benzene rings is 1. The maximum atomic E-state index is 10.2. The molecular formula is C18H26BrIN4O2. The fraction of sp³-hybridized carbons (Fsp3) is 0.389. The summed E-state index contributed by atoms with van der Waals surface area (Å²) in [5, 5.41) is 13.5. The van der Waals surface area contributed by atoms with Crippen LogP contribution < -0.4 is 10.1 Å². The number of hydrogen-bond donors (Lipinski definition) is 2. The van der Waals surface area contributed by atoms with Gasteiger partial charge >= 0.3 is 0 Å². The second-order valence-electron chi connectivity index (χ2n) is 5.75. The third kappa shape index (κ3) is 5.80. The van der Waals surface area contributed by atoms with Crippen molar-refractivity contribution in [1.29, 1.82) is 0 Å². The zero-order valence-corrected chi connectivity index (χ0v) is 19.4. The van der Waals surface area contributed by atoms with Gasteiger partial charge in [-0.25, -0.2) is 4.99 Å². The van der Waals surface area contributed by atoms with Gasteiger partial charge in [0, 0.05) is 42.6 Å². The predicted molar refractivity (Wildman–Crippen MR) is 119 cm³/mol. The Balaban J connectivity index is 0.00000338. The van der Waals surface area contributed by atoms with Gasteiger partial charge in [0.15, 0.2) is 17.5 Å².